The predicted octanol–water partition coefficient (Wildman–Crippen LogP) is 5.22. The van der Waals surface area contributed by atoms with Crippen LogP contribution in [0.1, 0.15) is 37.5 Å². The Hall–Kier alpha value is -2.71. The monoisotopic (exact) mass is 502 g/mol. The molecule has 0 saturated carbocycles. The number of imide groups is 1. The van der Waals surface area contributed by atoms with Gasteiger partial charge in [-0.2, -0.15) is 0 Å². The zero-order valence-electron chi connectivity index (χ0n) is 19.0. The standard InChI is InChI=1S/C25H27ClN2O5S/c1-15(2)10-19(28-13-21(33-25(28)31)17-4-3-5-18(26)12-17)14-32-20-8-6-16(7-9-20)11-22-23(29)27-24(30)34-22/h3-9,12,15,19,21-22H,10-11,13-14H2,1-2H3,(H,27,29,30). The van der Waals surface area contributed by atoms with Crippen LogP contribution in [0, 0.1) is 5.92 Å². The first-order valence-corrected chi connectivity index (χ1v) is 12.5. The van der Waals surface area contributed by atoms with Crippen LogP contribution in [0.15, 0.2) is 48.5 Å². The molecule has 0 radical (unpaired) electrons. The molecule has 1 N–H and O–H groups in total. The molecule has 2 aromatic rings. The molecule has 3 atom stereocenters. The van der Waals surface area contributed by atoms with E-state index in [2.05, 4.69) is 19.2 Å². The van der Waals surface area contributed by atoms with E-state index in [9.17, 15) is 14.4 Å². The van der Waals surface area contributed by atoms with Gasteiger partial charge in [-0.15, -0.1) is 0 Å². The second kappa shape index (κ2) is 10.7. The van der Waals surface area contributed by atoms with Crippen molar-refractivity contribution in [3.63, 3.8) is 0 Å². The summed E-state index contributed by atoms with van der Waals surface area (Å²) in [5, 5.41) is 2.21. The minimum atomic E-state index is -0.400. The van der Waals surface area contributed by atoms with Crippen molar-refractivity contribution in [2.75, 3.05) is 13.2 Å². The topological polar surface area (TPSA) is 84.9 Å². The van der Waals surface area contributed by atoms with Crippen LogP contribution >= 0.6 is 23.4 Å². The van der Waals surface area contributed by atoms with Crippen molar-refractivity contribution in [2.24, 2.45) is 5.92 Å². The molecular formula is C25H27ClN2O5S. The fourth-order valence-corrected chi connectivity index (χ4v) is 5.20. The van der Waals surface area contributed by atoms with E-state index in [4.69, 9.17) is 21.1 Å². The highest BCUT2D eigenvalue weighted by molar-refractivity contribution is 8.15. The number of carbonyl (C=O) groups is 3. The summed E-state index contributed by atoms with van der Waals surface area (Å²) in [6.07, 6.45) is 0.537. The molecule has 3 amide bonds. The number of nitrogens with one attached hydrogen (secondary N) is 1. The average Bonchev–Trinajstić information content (AvgIpc) is 3.33. The van der Waals surface area contributed by atoms with Crippen molar-refractivity contribution in [3.8, 4) is 5.75 Å². The van der Waals surface area contributed by atoms with Gasteiger partial charge in [0.25, 0.3) is 5.24 Å². The van der Waals surface area contributed by atoms with Crippen LogP contribution in [0.3, 0.4) is 0 Å². The summed E-state index contributed by atoms with van der Waals surface area (Å²) in [7, 11) is 0. The lowest BCUT2D eigenvalue weighted by Crippen LogP contribution is -2.41. The van der Waals surface area contributed by atoms with E-state index in [1.165, 1.54) is 0 Å². The van der Waals surface area contributed by atoms with Crippen LogP contribution in [0.4, 0.5) is 9.59 Å². The number of cyclic esters (lactones) is 1. The van der Waals surface area contributed by atoms with Crippen molar-refractivity contribution < 1.29 is 23.9 Å². The fraction of sp³-hybridized carbons (Fsp3) is 0.400. The van der Waals surface area contributed by atoms with Gasteiger partial charge in [-0.25, -0.2) is 4.79 Å². The van der Waals surface area contributed by atoms with Crippen molar-refractivity contribution in [1.82, 2.24) is 10.2 Å². The molecular weight excluding hydrogens is 476 g/mol. The van der Waals surface area contributed by atoms with Gasteiger partial charge in [0.15, 0.2) is 0 Å². The van der Waals surface area contributed by atoms with Gasteiger partial charge < -0.3 is 9.47 Å². The van der Waals surface area contributed by atoms with Crippen LogP contribution in [0.5, 0.6) is 5.75 Å². The summed E-state index contributed by atoms with van der Waals surface area (Å²) in [5.74, 6) is 0.795. The van der Waals surface area contributed by atoms with E-state index >= 15 is 0 Å². The van der Waals surface area contributed by atoms with Gasteiger partial charge >= 0.3 is 6.09 Å². The molecule has 2 aliphatic heterocycles. The van der Waals surface area contributed by atoms with Crippen LogP contribution in [-0.4, -0.2) is 46.6 Å². The van der Waals surface area contributed by atoms with Gasteiger partial charge in [0.05, 0.1) is 17.8 Å². The summed E-state index contributed by atoms with van der Waals surface area (Å²) in [6, 6.07) is 14.7. The highest BCUT2D eigenvalue weighted by atomic mass is 35.5. The first kappa shape index (κ1) is 24.4. The number of amides is 3. The van der Waals surface area contributed by atoms with Gasteiger partial charge in [-0.3, -0.25) is 19.8 Å². The Labute approximate surface area is 208 Å². The largest absolute Gasteiger partial charge is 0.491 e. The zero-order valence-corrected chi connectivity index (χ0v) is 20.6. The quantitative estimate of drug-likeness (QED) is 0.506. The molecule has 2 aromatic carbocycles. The Kier molecular flexibility index (Phi) is 7.68. The predicted molar refractivity (Wildman–Crippen MR) is 131 cm³/mol. The number of carbonyl (C=O) groups excluding carboxylic acids is 3. The Bertz CT molecular complexity index is 1060. The lowest BCUT2D eigenvalue weighted by Gasteiger charge is -2.27. The SMILES string of the molecule is CC(C)CC(COc1ccc(CC2SC(=O)NC2=O)cc1)N1CC(c2cccc(Cl)c2)OC1=O. The summed E-state index contributed by atoms with van der Waals surface area (Å²) >= 11 is 7.13. The third-order valence-electron chi connectivity index (χ3n) is 5.80. The second-order valence-electron chi connectivity index (χ2n) is 8.91. The van der Waals surface area contributed by atoms with Crippen molar-refractivity contribution in [1.29, 1.82) is 0 Å². The molecule has 0 aromatic heterocycles. The van der Waals surface area contributed by atoms with E-state index in [0.29, 0.717) is 36.3 Å². The van der Waals surface area contributed by atoms with Gasteiger partial charge in [0.1, 0.15) is 18.5 Å². The van der Waals surface area contributed by atoms with Crippen molar-refractivity contribution >= 4 is 40.6 Å². The lowest BCUT2D eigenvalue weighted by atomic mass is 10.0. The van der Waals surface area contributed by atoms with E-state index in [-0.39, 0.29) is 29.4 Å². The van der Waals surface area contributed by atoms with Gasteiger partial charge in [0, 0.05) is 5.02 Å². The van der Waals surface area contributed by atoms with Crippen molar-refractivity contribution in [3.05, 3.63) is 64.7 Å². The molecule has 34 heavy (non-hydrogen) atoms. The Morgan fingerprint density at radius 2 is 1.94 bits per heavy atom. The van der Waals surface area contributed by atoms with Crippen LogP contribution in [-0.2, 0) is 16.0 Å². The first-order valence-electron chi connectivity index (χ1n) is 11.2. The fourth-order valence-electron chi connectivity index (χ4n) is 4.14. The molecule has 2 saturated heterocycles. The Morgan fingerprint density at radius 1 is 1.18 bits per heavy atom. The highest BCUT2D eigenvalue weighted by Crippen LogP contribution is 2.31. The molecule has 0 spiro atoms. The smallest absolute Gasteiger partial charge is 0.410 e. The van der Waals surface area contributed by atoms with E-state index in [1.54, 1.807) is 11.0 Å². The molecule has 0 aliphatic carbocycles. The molecule has 2 heterocycles. The number of nitrogens with zero attached hydrogens (tertiary/aromatic N) is 1. The molecule has 7 nitrogen and oxygen atoms in total. The Morgan fingerprint density at radius 3 is 2.59 bits per heavy atom. The molecule has 180 valence electrons. The van der Waals surface area contributed by atoms with Crippen LogP contribution in [0.25, 0.3) is 0 Å². The normalized spacial score (nSPS) is 21.1. The zero-order chi connectivity index (χ0) is 24.2. The lowest BCUT2D eigenvalue weighted by molar-refractivity contribution is -0.118. The van der Waals surface area contributed by atoms with E-state index in [1.807, 2.05) is 42.5 Å². The van der Waals surface area contributed by atoms with Crippen LogP contribution in [0.2, 0.25) is 5.02 Å². The summed E-state index contributed by atoms with van der Waals surface area (Å²) in [6.45, 7) is 5.00. The van der Waals surface area contributed by atoms with Crippen molar-refractivity contribution in [2.45, 2.75) is 44.1 Å². The molecule has 4 rings (SSSR count). The van der Waals surface area contributed by atoms with E-state index < -0.39 is 5.25 Å². The maximum atomic E-state index is 12.7. The number of hydrogen-bond donors (Lipinski definition) is 1. The molecule has 2 aliphatic rings. The van der Waals surface area contributed by atoms with Gasteiger partial charge in [-0.05, 0) is 54.2 Å². The average molecular weight is 503 g/mol. The molecule has 9 heteroatoms. The minimum absolute atomic E-state index is 0.138. The summed E-state index contributed by atoms with van der Waals surface area (Å²) in [5.41, 5.74) is 1.82. The third kappa shape index (κ3) is 6.04. The summed E-state index contributed by atoms with van der Waals surface area (Å²) in [4.78, 5) is 37.6. The van der Waals surface area contributed by atoms with E-state index in [0.717, 1.165) is 29.3 Å². The second-order valence-corrected chi connectivity index (χ2v) is 10.5. The summed E-state index contributed by atoms with van der Waals surface area (Å²) < 4.78 is 11.7. The highest BCUT2D eigenvalue weighted by Gasteiger charge is 2.37. The molecule has 3 unspecified atom stereocenters. The number of ether oxygens (including phenoxy) is 2. The van der Waals surface area contributed by atoms with Gasteiger partial charge in [-0.1, -0.05) is 61.5 Å². The number of benzene rings is 2. The minimum Gasteiger partial charge on any atom is -0.491 e. The number of thioether (sulfide) groups is 1. The number of rotatable bonds is 9. The maximum Gasteiger partial charge on any atom is 0.410 e. The maximum absolute atomic E-state index is 12.7. The number of hydrogen-bond acceptors (Lipinski definition) is 6. The van der Waals surface area contributed by atoms with Gasteiger partial charge in [0.2, 0.25) is 5.91 Å². The number of halogens is 1. The third-order valence-corrected chi connectivity index (χ3v) is 7.02. The molecule has 0 bridgehead atoms. The first-order chi connectivity index (χ1) is 16.3. The van der Waals surface area contributed by atoms with Crippen LogP contribution < -0.4 is 10.1 Å². The molecule has 2 fully saturated rings. The Balaban J connectivity index is 1.37.